The third-order valence-corrected chi connectivity index (χ3v) is 2.86. The van der Waals surface area contributed by atoms with Crippen LogP contribution in [0, 0.1) is 0 Å². The number of carboxylic acid groups (broad SMARTS) is 1. The monoisotopic (exact) mass is 279 g/mol. The molecule has 0 spiro atoms. The highest BCUT2D eigenvalue weighted by molar-refractivity contribution is 5.90. The molecule has 20 heavy (non-hydrogen) atoms. The van der Waals surface area contributed by atoms with Crippen LogP contribution < -0.4 is 5.32 Å². The van der Waals surface area contributed by atoms with E-state index >= 15 is 0 Å². The Hall–Kier alpha value is -1.92. The van der Waals surface area contributed by atoms with Crippen LogP contribution in [0.25, 0.3) is 0 Å². The number of nitrogens with one attached hydrogen (secondary N) is 1. The van der Waals surface area contributed by atoms with E-state index in [1.54, 1.807) is 12.1 Å². The molecule has 1 aromatic rings. The quantitative estimate of drug-likeness (QED) is 0.831. The topological polar surface area (TPSA) is 84.9 Å². The number of amides is 1. The van der Waals surface area contributed by atoms with Crippen molar-refractivity contribution in [1.82, 2.24) is 0 Å². The minimum atomic E-state index is -0.893. The van der Waals surface area contributed by atoms with E-state index in [9.17, 15) is 9.59 Å². The molecule has 1 heterocycles. The predicted octanol–water partition coefficient (Wildman–Crippen LogP) is 1.93. The van der Waals surface area contributed by atoms with Crippen LogP contribution in [-0.2, 0) is 19.1 Å². The Labute approximate surface area is 116 Å². The highest BCUT2D eigenvalue weighted by atomic mass is 16.7. The maximum atomic E-state index is 11.7. The largest absolute Gasteiger partial charge is 0.481 e. The van der Waals surface area contributed by atoms with Gasteiger partial charge in [0.05, 0.1) is 13.2 Å². The van der Waals surface area contributed by atoms with E-state index in [2.05, 4.69) is 5.32 Å². The van der Waals surface area contributed by atoms with Crippen LogP contribution in [0.5, 0.6) is 0 Å². The van der Waals surface area contributed by atoms with Crippen LogP contribution in [-0.4, -0.2) is 30.2 Å². The summed E-state index contributed by atoms with van der Waals surface area (Å²) >= 11 is 0. The Bertz CT molecular complexity index is 482. The molecule has 2 rings (SSSR count). The van der Waals surface area contributed by atoms with Gasteiger partial charge in [-0.3, -0.25) is 9.59 Å². The molecule has 1 aromatic carbocycles. The summed E-state index contributed by atoms with van der Waals surface area (Å²) in [5, 5.41) is 11.3. The van der Waals surface area contributed by atoms with E-state index in [1.807, 2.05) is 12.1 Å². The zero-order chi connectivity index (χ0) is 14.4. The highest BCUT2D eigenvalue weighted by Gasteiger charge is 2.18. The van der Waals surface area contributed by atoms with E-state index in [4.69, 9.17) is 14.6 Å². The van der Waals surface area contributed by atoms with Crippen LogP contribution in [0.1, 0.15) is 31.1 Å². The van der Waals surface area contributed by atoms with E-state index in [0.717, 1.165) is 5.56 Å². The first kappa shape index (κ1) is 14.5. The molecule has 0 unspecified atom stereocenters. The molecule has 6 heteroatoms. The van der Waals surface area contributed by atoms with E-state index in [-0.39, 0.29) is 25.0 Å². The number of aliphatic carboxylic acids is 1. The number of rotatable bonds is 6. The molecule has 1 aliphatic rings. The number of carboxylic acids is 1. The van der Waals surface area contributed by atoms with Gasteiger partial charge in [0.25, 0.3) is 0 Å². The lowest BCUT2D eigenvalue weighted by molar-refractivity contribution is -0.137. The summed E-state index contributed by atoms with van der Waals surface area (Å²) in [7, 11) is 0. The molecule has 108 valence electrons. The number of hydrogen-bond donors (Lipinski definition) is 2. The van der Waals surface area contributed by atoms with Crippen LogP contribution in [0.15, 0.2) is 24.3 Å². The summed E-state index contributed by atoms with van der Waals surface area (Å²) in [6.07, 6.45) is 0.138. The zero-order valence-corrected chi connectivity index (χ0v) is 11.0. The van der Waals surface area contributed by atoms with Crippen LogP contribution in [0.3, 0.4) is 0 Å². The minimum Gasteiger partial charge on any atom is -0.481 e. The third-order valence-electron chi connectivity index (χ3n) is 2.86. The molecular formula is C14H17NO5. The molecule has 0 aliphatic carbocycles. The fourth-order valence-electron chi connectivity index (χ4n) is 1.94. The zero-order valence-electron chi connectivity index (χ0n) is 11.0. The van der Waals surface area contributed by atoms with Crippen molar-refractivity contribution < 1.29 is 24.2 Å². The van der Waals surface area contributed by atoms with Crippen molar-refractivity contribution in [2.24, 2.45) is 0 Å². The van der Waals surface area contributed by atoms with Gasteiger partial charge in [-0.25, -0.2) is 0 Å². The van der Waals surface area contributed by atoms with E-state index < -0.39 is 5.97 Å². The summed E-state index contributed by atoms with van der Waals surface area (Å²) in [6, 6.07) is 7.25. The van der Waals surface area contributed by atoms with Gasteiger partial charge in [0.1, 0.15) is 0 Å². The molecule has 0 saturated carbocycles. The Balaban J connectivity index is 1.87. The molecule has 0 radical (unpaired) electrons. The second-order valence-corrected chi connectivity index (χ2v) is 4.49. The average molecular weight is 279 g/mol. The summed E-state index contributed by atoms with van der Waals surface area (Å²) in [6.45, 7) is 1.13. The van der Waals surface area contributed by atoms with Gasteiger partial charge >= 0.3 is 5.97 Å². The van der Waals surface area contributed by atoms with Gasteiger partial charge in [-0.05, 0) is 18.6 Å². The third kappa shape index (κ3) is 4.32. The molecule has 1 amide bonds. The van der Waals surface area contributed by atoms with Gasteiger partial charge in [-0.15, -0.1) is 0 Å². The van der Waals surface area contributed by atoms with Gasteiger partial charge in [0.2, 0.25) is 5.91 Å². The van der Waals surface area contributed by atoms with Crippen molar-refractivity contribution in [1.29, 1.82) is 0 Å². The van der Waals surface area contributed by atoms with E-state index in [0.29, 0.717) is 25.3 Å². The molecule has 0 aromatic heterocycles. The average Bonchev–Trinajstić information content (AvgIpc) is 2.92. The molecule has 0 bridgehead atoms. The van der Waals surface area contributed by atoms with Crippen molar-refractivity contribution in [3.05, 3.63) is 29.8 Å². The Morgan fingerprint density at radius 1 is 1.25 bits per heavy atom. The second kappa shape index (κ2) is 7.02. The van der Waals surface area contributed by atoms with Crippen LogP contribution in [0.2, 0.25) is 0 Å². The standard InChI is InChI=1S/C14H17NO5/c16-12(5-2-6-13(17)18)15-11-4-1-3-10(9-11)14-19-7-8-20-14/h1,3-4,9,14H,2,5-8H2,(H,15,16)(H,17,18). The Morgan fingerprint density at radius 3 is 2.70 bits per heavy atom. The van der Waals surface area contributed by atoms with Crippen LogP contribution in [0.4, 0.5) is 5.69 Å². The van der Waals surface area contributed by atoms with Crippen molar-refractivity contribution in [3.8, 4) is 0 Å². The molecule has 0 atom stereocenters. The lowest BCUT2D eigenvalue weighted by Crippen LogP contribution is -2.12. The summed E-state index contributed by atoms with van der Waals surface area (Å²) in [5.74, 6) is -1.09. The molecular weight excluding hydrogens is 262 g/mol. The lowest BCUT2D eigenvalue weighted by atomic mass is 10.2. The Kier molecular flexibility index (Phi) is 5.09. The number of hydrogen-bond acceptors (Lipinski definition) is 4. The summed E-state index contributed by atoms with van der Waals surface area (Å²) in [4.78, 5) is 22.0. The molecule has 1 aliphatic heterocycles. The van der Waals surface area contributed by atoms with Crippen molar-refractivity contribution in [2.75, 3.05) is 18.5 Å². The fourth-order valence-corrected chi connectivity index (χ4v) is 1.94. The summed E-state index contributed by atoms with van der Waals surface area (Å²) in [5.41, 5.74) is 1.51. The van der Waals surface area contributed by atoms with Crippen molar-refractivity contribution in [2.45, 2.75) is 25.6 Å². The number of benzene rings is 1. The van der Waals surface area contributed by atoms with Crippen LogP contribution >= 0.6 is 0 Å². The Morgan fingerprint density at radius 2 is 2.00 bits per heavy atom. The fraction of sp³-hybridized carbons (Fsp3) is 0.429. The first-order valence-corrected chi connectivity index (χ1v) is 6.50. The first-order valence-electron chi connectivity index (χ1n) is 6.50. The number of anilines is 1. The molecule has 2 N–H and O–H groups in total. The number of carbonyl (C=O) groups excluding carboxylic acids is 1. The SMILES string of the molecule is O=C(O)CCCC(=O)Nc1cccc(C2OCCO2)c1. The maximum absolute atomic E-state index is 11.7. The van der Waals surface area contributed by atoms with Gasteiger partial charge in [0.15, 0.2) is 6.29 Å². The molecule has 1 saturated heterocycles. The van der Waals surface area contributed by atoms with Gasteiger partial charge in [-0.2, -0.15) is 0 Å². The second-order valence-electron chi connectivity index (χ2n) is 4.49. The lowest BCUT2D eigenvalue weighted by Gasteiger charge is -2.11. The van der Waals surface area contributed by atoms with Gasteiger partial charge < -0.3 is 19.9 Å². The predicted molar refractivity (Wildman–Crippen MR) is 71.2 cm³/mol. The smallest absolute Gasteiger partial charge is 0.303 e. The number of carbonyl (C=O) groups is 2. The van der Waals surface area contributed by atoms with Gasteiger partial charge in [0, 0.05) is 24.1 Å². The highest BCUT2D eigenvalue weighted by Crippen LogP contribution is 2.25. The normalized spacial score (nSPS) is 15.2. The maximum Gasteiger partial charge on any atom is 0.303 e. The van der Waals surface area contributed by atoms with Crippen molar-refractivity contribution >= 4 is 17.6 Å². The molecule has 6 nitrogen and oxygen atoms in total. The van der Waals surface area contributed by atoms with E-state index in [1.165, 1.54) is 0 Å². The minimum absolute atomic E-state index is 0.00276. The first-order chi connectivity index (χ1) is 9.65. The summed E-state index contributed by atoms with van der Waals surface area (Å²) < 4.78 is 10.8. The molecule has 1 fully saturated rings. The van der Waals surface area contributed by atoms with Crippen molar-refractivity contribution in [3.63, 3.8) is 0 Å². The van der Waals surface area contributed by atoms with Gasteiger partial charge in [-0.1, -0.05) is 12.1 Å². The number of ether oxygens (including phenoxy) is 2.